The van der Waals surface area contributed by atoms with Crippen molar-refractivity contribution in [3.05, 3.63) is 36.5 Å². The number of carbonyl (C=O) groups is 1. The Morgan fingerprint density at radius 2 is 0.662 bits per heavy atom. The van der Waals surface area contributed by atoms with Crippen molar-refractivity contribution < 1.29 is 20.1 Å². The average Bonchev–Trinajstić information content (AvgIpc) is 3.31. The summed E-state index contributed by atoms with van der Waals surface area (Å²) in [6.45, 7) is 4.21. The average molecular weight is 915 g/mol. The molecule has 0 aliphatic carbocycles. The predicted octanol–water partition coefficient (Wildman–Crippen LogP) is 18.2. The topological polar surface area (TPSA) is 89.8 Å². The van der Waals surface area contributed by atoms with Crippen molar-refractivity contribution in [2.24, 2.45) is 0 Å². The lowest BCUT2D eigenvalue weighted by Crippen LogP contribution is -2.48. The van der Waals surface area contributed by atoms with Crippen molar-refractivity contribution in [3.8, 4) is 0 Å². The van der Waals surface area contributed by atoms with Crippen LogP contribution in [0.25, 0.3) is 0 Å². The van der Waals surface area contributed by atoms with Gasteiger partial charge in [-0.3, -0.25) is 4.79 Å². The molecule has 0 aromatic carbocycles. The quantitative estimate of drug-likeness (QED) is 0.0361. The van der Waals surface area contributed by atoms with E-state index in [4.69, 9.17) is 0 Å². The van der Waals surface area contributed by atoms with Gasteiger partial charge in [-0.05, 0) is 51.4 Å². The maximum Gasteiger partial charge on any atom is 0.249 e. The van der Waals surface area contributed by atoms with Crippen molar-refractivity contribution in [1.82, 2.24) is 5.32 Å². The van der Waals surface area contributed by atoms with Crippen LogP contribution in [-0.2, 0) is 4.79 Å². The number of rotatable bonds is 54. The molecule has 0 saturated carbocycles. The molecule has 0 aromatic heterocycles. The van der Waals surface area contributed by atoms with E-state index in [2.05, 4.69) is 43.5 Å². The van der Waals surface area contributed by atoms with Gasteiger partial charge in [0.05, 0.1) is 18.8 Å². The summed E-state index contributed by atoms with van der Waals surface area (Å²) in [5.74, 6) is -0.499. The Morgan fingerprint density at radius 1 is 0.385 bits per heavy atom. The lowest BCUT2D eigenvalue weighted by molar-refractivity contribution is -0.131. The van der Waals surface area contributed by atoms with Gasteiger partial charge < -0.3 is 20.6 Å². The van der Waals surface area contributed by atoms with Crippen LogP contribution in [0.5, 0.6) is 0 Å². The summed E-state index contributed by atoms with van der Waals surface area (Å²) in [7, 11) is 0. The second-order valence-electron chi connectivity index (χ2n) is 20.2. The molecule has 3 unspecified atom stereocenters. The summed E-state index contributed by atoms with van der Waals surface area (Å²) >= 11 is 0. The second-order valence-corrected chi connectivity index (χ2v) is 20.2. The van der Waals surface area contributed by atoms with Crippen molar-refractivity contribution in [2.75, 3.05) is 6.61 Å². The molecule has 65 heavy (non-hydrogen) atoms. The highest BCUT2D eigenvalue weighted by molar-refractivity contribution is 5.80. The van der Waals surface area contributed by atoms with Gasteiger partial charge in [0.15, 0.2) is 0 Å². The normalized spacial score (nSPS) is 13.5. The largest absolute Gasteiger partial charge is 0.394 e. The van der Waals surface area contributed by atoms with E-state index in [-0.39, 0.29) is 6.61 Å². The van der Waals surface area contributed by atoms with Gasteiger partial charge in [0, 0.05) is 0 Å². The number of nitrogens with one attached hydrogen (secondary N) is 1. The monoisotopic (exact) mass is 914 g/mol. The Kier molecular flexibility index (Phi) is 54.0. The molecular formula is C60H115NO4. The number of hydrogen-bond acceptors (Lipinski definition) is 4. The summed E-state index contributed by atoms with van der Waals surface area (Å²) in [4.78, 5) is 12.5. The Morgan fingerprint density at radius 3 is 0.969 bits per heavy atom. The van der Waals surface area contributed by atoms with Crippen molar-refractivity contribution >= 4 is 5.91 Å². The van der Waals surface area contributed by atoms with Gasteiger partial charge >= 0.3 is 0 Å². The minimum Gasteiger partial charge on any atom is -0.394 e. The summed E-state index contributed by atoms with van der Waals surface area (Å²) in [5, 5.41) is 33.4. The van der Waals surface area contributed by atoms with Crippen LogP contribution < -0.4 is 5.32 Å². The van der Waals surface area contributed by atoms with Gasteiger partial charge in [-0.25, -0.2) is 0 Å². The Hall–Kier alpha value is -1.43. The number of amides is 1. The fourth-order valence-electron chi connectivity index (χ4n) is 9.16. The van der Waals surface area contributed by atoms with E-state index in [1.807, 2.05) is 6.08 Å². The van der Waals surface area contributed by atoms with Crippen LogP contribution in [0.2, 0.25) is 0 Å². The fourth-order valence-corrected chi connectivity index (χ4v) is 9.16. The minimum absolute atomic E-state index is 0.361. The van der Waals surface area contributed by atoms with Crippen molar-refractivity contribution in [3.63, 3.8) is 0 Å². The van der Waals surface area contributed by atoms with Crippen LogP contribution in [-0.4, -0.2) is 46.1 Å². The smallest absolute Gasteiger partial charge is 0.249 e. The molecular weight excluding hydrogens is 799 g/mol. The minimum atomic E-state index is -1.10. The second kappa shape index (κ2) is 55.2. The van der Waals surface area contributed by atoms with E-state index in [9.17, 15) is 20.1 Å². The van der Waals surface area contributed by atoms with Crippen molar-refractivity contribution in [1.29, 1.82) is 0 Å². The number of allylic oxidation sites excluding steroid dienone is 5. The highest BCUT2D eigenvalue weighted by Crippen LogP contribution is 2.17. The van der Waals surface area contributed by atoms with Crippen LogP contribution in [0.4, 0.5) is 0 Å². The first-order valence-corrected chi connectivity index (χ1v) is 29.3. The van der Waals surface area contributed by atoms with E-state index in [0.717, 1.165) is 38.5 Å². The molecule has 0 radical (unpaired) electrons. The van der Waals surface area contributed by atoms with Crippen LogP contribution in [0, 0.1) is 0 Å². The SMILES string of the molecule is CCCCCCCCCCCCC/C=C\C/C=C\CCCCCCCCCCCCCCCCCCC(O)C(=O)NC(CO)C(O)/C=C/CCCCCCCCCCCCCCCCC. The van der Waals surface area contributed by atoms with E-state index >= 15 is 0 Å². The zero-order chi connectivity index (χ0) is 47.2. The van der Waals surface area contributed by atoms with Crippen LogP contribution >= 0.6 is 0 Å². The number of hydrogen-bond donors (Lipinski definition) is 4. The van der Waals surface area contributed by atoms with E-state index in [0.29, 0.717) is 6.42 Å². The lowest BCUT2D eigenvalue weighted by atomic mass is 10.0. The molecule has 5 nitrogen and oxygen atoms in total. The molecule has 0 aliphatic rings. The third-order valence-electron chi connectivity index (χ3n) is 13.7. The number of aliphatic hydroxyl groups is 3. The fraction of sp³-hybridized carbons (Fsp3) is 0.883. The van der Waals surface area contributed by atoms with Crippen LogP contribution in [0.15, 0.2) is 36.5 Å². The van der Waals surface area contributed by atoms with Gasteiger partial charge in [0.1, 0.15) is 6.10 Å². The Labute approximate surface area is 406 Å². The molecule has 4 N–H and O–H groups in total. The van der Waals surface area contributed by atoms with E-state index < -0.39 is 24.2 Å². The Bertz CT molecular complexity index is 1010. The van der Waals surface area contributed by atoms with E-state index in [1.165, 1.54) is 257 Å². The molecule has 0 saturated heterocycles. The molecule has 0 spiro atoms. The highest BCUT2D eigenvalue weighted by Gasteiger charge is 2.22. The summed E-state index contributed by atoms with van der Waals surface area (Å²) in [6.07, 6.45) is 72.3. The molecule has 3 atom stereocenters. The number of carbonyl (C=O) groups excluding carboxylic acids is 1. The molecule has 5 heteroatoms. The maximum absolute atomic E-state index is 12.5. The third-order valence-corrected chi connectivity index (χ3v) is 13.7. The first kappa shape index (κ1) is 63.6. The first-order chi connectivity index (χ1) is 32.1. The predicted molar refractivity (Wildman–Crippen MR) is 287 cm³/mol. The van der Waals surface area contributed by atoms with Gasteiger partial charge in [-0.15, -0.1) is 0 Å². The van der Waals surface area contributed by atoms with Crippen molar-refractivity contribution in [2.45, 2.75) is 334 Å². The standard InChI is InChI=1S/C60H115NO4/c1-3-5-7-9-11-13-15-17-19-21-22-23-24-25-26-27-28-29-30-31-32-33-34-35-36-37-39-41-43-45-47-49-51-53-55-59(64)60(65)61-57(56-62)58(63)54-52-50-48-46-44-42-40-38-20-18-16-14-12-10-8-6-4-2/h24-25,27-28,52,54,57-59,62-64H,3-23,26,29-51,53,55-56H2,1-2H3,(H,61,65)/b25-24-,28-27-,54-52+. The van der Waals surface area contributed by atoms with Gasteiger partial charge in [-0.2, -0.15) is 0 Å². The summed E-state index contributed by atoms with van der Waals surface area (Å²) in [6, 6.07) is -0.797. The third kappa shape index (κ3) is 50.3. The van der Waals surface area contributed by atoms with Gasteiger partial charge in [0.25, 0.3) is 0 Å². The van der Waals surface area contributed by atoms with Crippen LogP contribution in [0.1, 0.15) is 316 Å². The molecule has 1 amide bonds. The molecule has 0 aliphatic heterocycles. The summed E-state index contributed by atoms with van der Waals surface area (Å²) < 4.78 is 0. The number of aliphatic hydroxyl groups excluding tert-OH is 3. The lowest BCUT2D eigenvalue weighted by Gasteiger charge is -2.21. The van der Waals surface area contributed by atoms with Gasteiger partial charge in [0.2, 0.25) is 5.91 Å². The number of unbranched alkanes of at least 4 members (excludes halogenated alkanes) is 42. The molecule has 0 rings (SSSR count). The molecule has 0 bridgehead atoms. The summed E-state index contributed by atoms with van der Waals surface area (Å²) in [5.41, 5.74) is 0. The van der Waals surface area contributed by atoms with E-state index in [1.54, 1.807) is 6.08 Å². The molecule has 0 aromatic rings. The Balaban J connectivity index is 3.52. The zero-order valence-corrected chi connectivity index (χ0v) is 43.9. The molecule has 384 valence electrons. The zero-order valence-electron chi connectivity index (χ0n) is 43.9. The van der Waals surface area contributed by atoms with Crippen LogP contribution in [0.3, 0.4) is 0 Å². The van der Waals surface area contributed by atoms with Gasteiger partial charge in [-0.1, -0.05) is 301 Å². The molecule has 0 fully saturated rings. The maximum atomic E-state index is 12.5. The first-order valence-electron chi connectivity index (χ1n) is 29.3. The molecule has 0 heterocycles. The highest BCUT2D eigenvalue weighted by atomic mass is 16.3.